The van der Waals surface area contributed by atoms with Crippen LogP contribution in [0.4, 0.5) is 5.69 Å². The number of pyridine rings is 1. The van der Waals surface area contributed by atoms with Crippen LogP contribution < -0.4 is 4.90 Å². The smallest absolute Gasteiger partial charge is 0.339 e. The number of carbonyl (C=O) groups is 2. The number of hydrogen-bond acceptors (Lipinski definition) is 7. The zero-order chi connectivity index (χ0) is 24.9. The Hall–Kier alpha value is -3.27. The summed E-state index contributed by atoms with van der Waals surface area (Å²) < 4.78 is 31.5. The summed E-state index contributed by atoms with van der Waals surface area (Å²) >= 11 is 0. The van der Waals surface area contributed by atoms with E-state index in [4.69, 9.17) is 9.72 Å². The Morgan fingerprint density at radius 1 is 1.17 bits per heavy atom. The Labute approximate surface area is 204 Å². The first-order valence-corrected chi connectivity index (χ1v) is 13.6. The summed E-state index contributed by atoms with van der Waals surface area (Å²) in [6.45, 7) is 3.33. The monoisotopic (exact) mass is 496 g/mol. The van der Waals surface area contributed by atoms with Gasteiger partial charge in [0, 0.05) is 24.3 Å². The van der Waals surface area contributed by atoms with Crippen LogP contribution in [0.3, 0.4) is 0 Å². The number of likely N-dealkylation sites (N-methyl/N-ethyl adjacent to an activating group) is 1. The van der Waals surface area contributed by atoms with Crippen molar-refractivity contribution in [3.05, 3.63) is 53.3 Å². The van der Waals surface area contributed by atoms with Gasteiger partial charge >= 0.3 is 5.97 Å². The lowest BCUT2D eigenvalue weighted by molar-refractivity contribution is -0.126. The molecule has 1 amide bonds. The number of para-hydroxylation sites is 1. The lowest BCUT2D eigenvalue weighted by Crippen LogP contribution is -2.37. The number of rotatable bonds is 6. The van der Waals surface area contributed by atoms with E-state index in [1.165, 1.54) is 4.90 Å². The largest absolute Gasteiger partial charge is 0.449 e. The highest BCUT2D eigenvalue weighted by atomic mass is 32.2. The van der Waals surface area contributed by atoms with Crippen LogP contribution in [-0.2, 0) is 19.4 Å². The molecule has 1 saturated carbocycles. The number of amides is 1. The lowest BCUT2D eigenvalue weighted by Gasteiger charge is -2.21. The van der Waals surface area contributed by atoms with Gasteiger partial charge in [-0.25, -0.2) is 22.9 Å². The van der Waals surface area contributed by atoms with Gasteiger partial charge in [-0.2, -0.15) is 5.10 Å². The molecule has 2 aromatic heterocycles. The zero-order valence-electron chi connectivity index (χ0n) is 20.0. The topological polar surface area (TPSA) is 111 Å². The molecule has 1 aliphatic heterocycles. The van der Waals surface area contributed by atoms with Gasteiger partial charge in [0.05, 0.1) is 34.2 Å². The first kappa shape index (κ1) is 23.5. The summed E-state index contributed by atoms with van der Waals surface area (Å²) in [5, 5.41) is 5.13. The van der Waals surface area contributed by atoms with Gasteiger partial charge in [-0.3, -0.25) is 4.79 Å². The Bertz CT molecular complexity index is 1410. The number of ether oxygens (including phenoxy) is 1. The molecular weight excluding hydrogens is 468 g/mol. The fourth-order valence-electron chi connectivity index (χ4n) is 4.63. The van der Waals surface area contributed by atoms with Crippen LogP contribution in [0.2, 0.25) is 0 Å². The van der Waals surface area contributed by atoms with Crippen molar-refractivity contribution in [3.8, 4) is 0 Å². The van der Waals surface area contributed by atoms with E-state index in [2.05, 4.69) is 5.10 Å². The molecule has 2 aliphatic rings. The summed E-state index contributed by atoms with van der Waals surface area (Å²) in [5.41, 5.74) is 2.86. The minimum atomic E-state index is -3.12. The van der Waals surface area contributed by atoms with Gasteiger partial charge in [-0.15, -0.1) is 0 Å². The van der Waals surface area contributed by atoms with E-state index in [0.717, 1.165) is 18.5 Å². The van der Waals surface area contributed by atoms with Crippen LogP contribution in [-0.4, -0.2) is 59.7 Å². The van der Waals surface area contributed by atoms with Gasteiger partial charge in [-0.1, -0.05) is 18.2 Å². The predicted molar refractivity (Wildman–Crippen MR) is 131 cm³/mol. The Balaban J connectivity index is 1.47. The molecule has 5 rings (SSSR count). The second-order valence-corrected chi connectivity index (χ2v) is 11.7. The van der Waals surface area contributed by atoms with Crippen molar-refractivity contribution < 1.29 is 22.7 Å². The molecule has 10 heteroatoms. The maximum absolute atomic E-state index is 13.4. The van der Waals surface area contributed by atoms with Crippen molar-refractivity contribution >= 4 is 38.4 Å². The molecule has 35 heavy (non-hydrogen) atoms. The van der Waals surface area contributed by atoms with Crippen molar-refractivity contribution in [2.24, 2.45) is 0 Å². The van der Waals surface area contributed by atoms with E-state index in [9.17, 15) is 18.0 Å². The molecule has 1 saturated heterocycles. The van der Waals surface area contributed by atoms with Gasteiger partial charge in [-0.05, 0) is 51.3 Å². The molecule has 1 aromatic carbocycles. The molecule has 0 radical (unpaired) electrons. The highest BCUT2D eigenvalue weighted by Crippen LogP contribution is 2.41. The van der Waals surface area contributed by atoms with Gasteiger partial charge < -0.3 is 9.64 Å². The quantitative estimate of drug-likeness (QED) is 0.482. The van der Waals surface area contributed by atoms with Crippen molar-refractivity contribution in [2.75, 3.05) is 23.5 Å². The fraction of sp³-hybridized carbons (Fsp3) is 0.440. The molecular formula is C25H28N4O5S. The maximum Gasteiger partial charge on any atom is 0.339 e. The normalized spacial score (nSPS) is 20.0. The molecule has 9 nitrogen and oxygen atoms in total. The molecule has 184 valence electrons. The average Bonchev–Trinajstić information content (AvgIpc) is 3.56. The van der Waals surface area contributed by atoms with Gasteiger partial charge in [0.25, 0.3) is 5.91 Å². The van der Waals surface area contributed by atoms with E-state index in [1.54, 1.807) is 31.6 Å². The molecule has 1 aliphatic carbocycles. The third kappa shape index (κ3) is 4.54. The second-order valence-electron chi connectivity index (χ2n) is 9.43. The first-order chi connectivity index (χ1) is 16.6. The van der Waals surface area contributed by atoms with Gasteiger partial charge in [0.15, 0.2) is 21.6 Å². The summed E-state index contributed by atoms with van der Waals surface area (Å²) in [5.74, 6) is -0.589. The van der Waals surface area contributed by atoms with Crippen LogP contribution in [0, 0.1) is 6.92 Å². The highest BCUT2D eigenvalue weighted by molar-refractivity contribution is 7.91. The molecule has 2 unspecified atom stereocenters. The minimum absolute atomic E-state index is 0.00962. The predicted octanol–water partition coefficient (Wildman–Crippen LogP) is 3.19. The SMILES string of the molecule is Cc1nn(C2CCS(=O)(=O)C2)c2nc(C3CC3)cc(C(=O)OC(C)C(=O)N(C)c3ccccc3)c12. The van der Waals surface area contributed by atoms with Crippen molar-refractivity contribution in [2.45, 2.75) is 51.2 Å². The number of carbonyl (C=O) groups excluding carboxylic acids is 2. The molecule has 0 bridgehead atoms. The number of hydrogen-bond donors (Lipinski definition) is 0. The van der Waals surface area contributed by atoms with Crippen LogP contribution in [0.1, 0.15) is 59.9 Å². The van der Waals surface area contributed by atoms with E-state index < -0.39 is 21.9 Å². The number of esters is 1. The number of aryl methyl sites for hydroxylation is 1. The van der Waals surface area contributed by atoms with Crippen LogP contribution in [0.5, 0.6) is 0 Å². The Morgan fingerprint density at radius 2 is 1.89 bits per heavy atom. The Morgan fingerprint density at radius 3 is 2.51 bits per heavy atom. The third-order valence-electron chi connectivity index (χ3n) is 6.73. The van der Waals surface area contributed by atoms with Crippen molar-refractivity contribution in [1.29, 1.82) is 0 Å². The summed E-state index contributed by atoms with van der Waals surface area (Å²) in [4.78, 5) is 32.5. The second kappa shape index (κ2) is 8.75. The molecule has 2 atom stereocenters. The molecule has 2 fully saturated rings. The Kier molecular flexibility index (Phi) is 5.86. The van der Waals surface area contributed by atoms with E-state index in [0.29, 0.717) is 34.4 Å². The number of anilines is 1. The number of aromatic nitrogens is 3. The number of fused-ring (bicyclic) bond motifs is 1. The van der Waals surface area contributed by atoms with Crippen LogP contribution in [0.25, 0.3) is 11.0 Å². The lowest BCUT2D eigenvalue weighted by atomic mass is 10.1. The van der Waals surface area contributed by atoms with E-state index >= 15 is 0 Å². The first-order valence-electron chi connectivity index (χ1n) is 11.8. The van der Waals surface area contributed by atoms with Crippen LogP contribution in [0.15, 0.2) is 36.4 Å². The summed E-state index contributed by atoms with van der Waals surface area (Å²) in [7, 11) is -1.48. The summed E-state index contributed by atoms with van der Waals surface area (Å²) in [6, 6.07) is 10.6. The minimum Gasteiger partial charge on any atom is -0.449 e. The molecule has 3 aromatic rings. The third-order valence-corrected chi connectivity index (χ3v) is 8.48. The summed E-state index contributed by atoms with van der Waals surface area (Å²) in [6.07, 6.45) is 1.42. The van der Waals surface area contributed by atoms with Crippen molar-refractivity contribution in [3.63, 3.8) is 0 Å². The van der Waals surface area contributed by atoms with Gasteiger partial charge in [0.1, 0.15) is 0 Å². The van der Waals surface area contributed by atoms with E-state index in [-0.39, 0.29) is 29.4 Å². The van der Waals surface area contributed by atoms with Crippen LogP contribution >= 0.6 is 0 Å². The number of sulfone groups is 1. The number of benzene rings is 1. The fourth-order valence-corrected chi connectivity index (χ4v) is 6.32. The van der Waals surface area contributed by atoms with Crippen molar-refractivity contribution in [1.82, 2.24) is 14.8 Å². The zero-order valence-corrected chi connectivity index (χ0v) is 20.8. The highest BCUT2D eigenvalue weighted by Gasteiger charge is 2.34. The number of nitrogens with zero attached hydrogens (tertiary/aromatic N) is 4. The van der Waals surface area contributed by atoms with E-state index in [1.807, 2.05) is 30.3 Å². The molecule has 0 N–H and O–H groups in total. The average molecular weight is 497 g/mol. The molecule has 0 spiro atoms. The standard InChI is InChI=1S/C25H28N4O5S/c1-15-22-20(25(31)34-16(2)24(30)28(3)18-7-5-4-6-8-18)13-21(17-9-10-17)26-23(22)29(27-15)19-11-12-35(32,33)14-19/h4-8,13,16-17,19H,9-12,14H2,1-3H3. The van der Waals surface area contributed by atoms with Gasteiger partial charge in [0.2, 0.25) is 0 Å². The molecule has 3 heterocycles. The maximum atomic E-state index is 13.4.